The number of rotatable bonds is 0. The Hall–Kier alpha value is -0.730. The van der Waals surface area contributed by atoms with Crippen LogP contribution in [-0.2, 0) is 4.74 Å². The van der Waals surface area contributed by atoms with E-state index < -0.39 is 0 Å². The molecule has 3 fully saturated rings. The van der Waals surface area contributed by atoms with Crippen LogP contribution < -0.4 is 5.32 Å². The molecule has 0 aromatic carbocycles. The molecule has 14 heavy (non-hydrogen) atoms. The number of ether oxygens (including phenoxy) is 1. The van der Waals surface area contributed by atoms with Crippen molar-refractivity contribution in [3.8, 4) is 0 Å². The summed E-state index contributed by atoms with van der Waals surface area (Å²) in [6, 6.07) is 0. The minimum Gasteiger partial charge on any atom is -0.440 e. The fraction of sp³-hybridized carbons (Fsp3) is 0.909. The van der Waals surface area contributed by atoms with Gasteiger partial charge in [0.05, 0.1) is 6.54 Å². The second-order valence-electron chi connectivity index (χ2n) is 5.56. The summed E-state index contributed by atoms with van der Waals surface area (Å²) in [6.07, 6.45) is 3.59. The summed E-state index contributed by atoms with van der Waals surface area (Å²) >= 11 is 0. The van der Waals surface area contributed by atoms with Gasteiger partial charge in [-0.15, -0.1) is 0 Å². The molecular formula is C11H17NO2. The Morgan fingerprint density at radius 1 is 1.36 bits per heavy atom. The van der Waals surface area contributed by atoms with E-state index in [9.17, 15) is 4.79 Å². The van der Waals surface area contributed by atoms with Gasteiger partial charge in [0.25, 0.3) is 0 Å². The van der Waals surface area contributed by atoms with Crippen LogP contribution in [0.1, 0.15) is 33.1 Å². The van der Waals surface area contributed by atoms with Gasteiger partial charge in [0, 0.05) is 11.3 Å². The quantitative estimate of drug-likeness (QED) is 0.641. The number of fused-ring (bicyclic) bond motifs is 3. The van der Waals surface area contributed by atoms with Crippen LogP contribution in [0.2, 0.25) is 0 Å². The molecule has 1 saturated heterocycles. The summed E-state index contributed by atoms with van der Waals surface area (Å²) in [6.45, 7) is 5.24. The highest BCUT2D eigenvalue weighted by atomic mass is 16.6. The van der Waals surface area contributed by atoms with E-state index in [-0.39, 0.29) is 17.1 Å². The summed E-state index contributed by atoms with van der Waals surface area (Å²) < 4.78 is 5.61. The van der Waals surface area contributed by atoms with Gasteiger partial charge in [0.1, 0.15) is 5.60 Å². The van der Waals surface area contributed by atoms with E-state index in [1.165, 1.54) is 19.3 Å². The van der Waals surface area contributed by atoms with Crippen molar-refractivity contribution in [2.75, 3.05) is 6.54 Å². The SMILES string of the molecule is CC1(C)[C@@H]2CC[C@@H](C2)[C@@]12CNC(=O)O2. The van der Waals surface area contributed by atoms with E-state index in [0.717, 1.165) is 12.5 Å². The first-order valence-electron chi connectivity index (χ1n) is 5.53. The van der Waals surface area contributed by atoms with Gasteiger partial charge in [-0.05, 0) is 25.2 Å². The lowest BCUT2D eigenvalue weighted by Crippen LogP contribution is -2.52. The molecule has 1 aliphatic heterocycles. The minimum absolute atomic E-state index is 0.162. The van der Waals surface area contributed by atoms with Crippen LogP contribution >= 0.6 is 0 Å². The van der Waals surface area contributed by atoms with Crippen LogP contribution in [0.4, 0.5) is 4.79 Å². The highest BCUT2D eigenvalue weighted by molar-refractivity contribution is 5.70. The standard InChI is InChI=1S/C11H17NO2/c1-10(2)7-3-4-8(5-7)11(10)6-12-9(13)14-11/h7-8H,3-6H2,1-2H3,(H,12,13)/t7-,8+,11+/m1/s1. The molecule has 0 unspecified atom stereocenters. The van der Waals surface area contributed by atoms with Crippen molar-refractivity contribution in [2.45, 2.75) is 38.7 Å². The molecule has 1 N–H and O–H groups in total. The third kappa shape index (κ3) is 0.733. The molecule has 3 nitrogen and oxygen atoms in total. The second kappa shape index (κ2) is 2.26. The van der Waals surface area contributed by atoms with E-state index in [0.29, 0.717) is 5.92 Å². The lowest BCUT2D eigenvalue weighted by Gasteiger charge is -2.44. The third-order valence-electron chi connectivity index (χ3n) is 4.97. The van der Waals surface area contributed by atoms with Crippen molar-refractivity contribution in [3.63, 3.8) is 0 Å². The predicted octanol–water partition coefficient (Wildman–Crippen LogP) is 1.92. The Morgan fingerprint density at radius 2 is 2.07 bits per heavy atom. The zero-order valence-electron chi connectivity index (χ0n) is 8.80. The first-order valence-corrected chi connectivity index (χ1v) is 5.53. The number of carbonyl (C=O) groups is 1. The van der Waals surface area contributed by atoms with Crippen LogP contribution in [-0.4, -0.2) is 18.2 Å². The molecule has 3 aliphatic rings. The van der Waals surface area contributed by atoms with Crippen molar-refractivity contribution < 1.29 is 9.53 Å². The Kier molecular flexibility index (Phi) is 1.38. The van der Waals surface area contributed by atoms with Gasteiger partial charge >= 0.3 is 6.09 Å². The van der Waals surface area contributed by atoms with Crippen molar-refractivity contribution in [1.82, 2.24) is 5.32 Å². The first kappa shape index (κ1) is 8.57. The number of alkyl carbamates (subject to hydrolysis) is 1. The highest BCUT2D eigenvalue weighted by Crippen LogP contribution is 2.63. The smallest absolute Gasteiger partial charge is 0.407 e. The lowest BCUT2D eigenvalue weighted by atomic mass is 9.65. The van der Waals surface area contributed by atoms with Gasteiger partial charge in [-0.1, -0.05) is 13.8 Å². The second-order valence-corrected chi connectivity index (χ2v) is 5.56. The maximum atomic E-state index is 11.2. The molecule has 78 valence electrons. The molecule has 2 saturated carbocycles. The number of hydrogen-bond donors (Lipinski definition) is 1. The monoisotopic (exact) mass is 195 g/mol. The lowest BCUT2D eigenvalue weighted by molar-refractivity contribution is -0.0786. The Bertz CT molecular complexity index is 300. The van der Waals surface area contributed by atoms with Crippen LogP contribution in [0.25, 0.3) is 0 Å². The van der Waals surface area contributed by atoms with Gasteiger partial charge in [-0.25, -0.2) is 4.79 Å². The fourth-order valence-electron chi connectivity index (χ4n) is 3.96. The van der Waals surface area contributed by atoms with E-state index in [1.54, 1.807) is 0 Å². The van der Waals surface area contributed by atoms with Crippen molar-refractivity contribution in [1.29, 1.82) is 0 Å². The Balaban J connectivity index is 2.02. The summed E-state index contributed by atoms with van der Waals surface area (Å²) in [5, 5.41) is 2.83. The molecular weight excluding hydrogens is 178 g/mol. The summed E-state index contributed by atoms with van der Waals surface area (Å²) in [5.41, 5.74) is -0.0257. The van der Waals surface area contributed by atoms with Gasteiger partial charge in [-0.3, -0.25) is 0 Å². The fourth-order valence-corrected chi connectivity index (χ4v) is 3.96. The van der Waals surface area contributed by atoms with Crippen LogP contribution in [0.5, 0.6) is 0 Å². The highest BCUT2D eigenvalue weighted by Gasteiger charge is 2.67. The largest absolute Gasteiger partial charge is 0.440 e. The molecule has 3 atom stereocenters. The topological polar surface area (TPSA) is 38.3 Å². The van der Waals surface area contributed by atoms with Crippen LogP contribution in [0.3, 0.4) is 0 Å². The molecule has 2 aliphatic carbocycles. The molecule has 0 radical (unpaired) electrons. The van der Waals surface area contributed by atoms with E-state index >= 15 is 0 Å². The summed E-state index contributed by atoms with van der Waals surface area (Å²) in [4.78, 5) is 11.2. The molecule has 0 aromatic heterocycles. The Morgan fingerprint density at radius 3 is 2.57 bits per heavy atom. The molecule has 2 bridgehead atoms. The third-order valence-corrected chi connectivity index (χ3v) is 4.97. The summed E-state index contributed by atoms with van der Waals surface area (Å²) in [7, 11) is 0. The van der Waals surface area contributed by atoms with Crippen molar-refractivity contribution >= 4 is 6.09 Å². The number of carbonyl (C=O) groups excluding carboxylic acids is 1. The zero-order chi connectivity index (χ0) is 9.97. The van der Waals surface area contributed by atoms with Gasteiger partial charge < -0.3 is 10.1 Å². The Labute approximate surface area is 84.2 Å². The van der Waals surface area contributed by atoms with Crippen LogP contribution in [0.15, 0.2) is 0 Å². The van der Waals surface area contributed by atoms with E-state index in [2.05, 4.69) is 19.2 Å². The van der Waals surface area contributed by atoms with E-state index in [4.69, 9.17) is 4.74 Å². The van der Waals surface area contributed by atoms with Crippen molar-refractivity contribution in [3.05, 3.63) is 0 Å². The van der Waals surface area contributed by atoms with Gasteiger partial charge in [0.15, 0.2) is 0 Å². The number of amides is 1. The minimum atomic E-state index is -0.217. The number of hydrogen-bond acceptors (Lipinski definition) is 2. The van der Waals surface area contributed by atoms with Crippen LogP contribution in [0, 0.1) is 17.3 Å². The first-order chi connectivity index (χ1) is 6.56. The zero-order valence-corrected chi connectivity index (χ0v) is 8.80. The number of nitrogens with one attached hydrogen (secondary N) is 1. The normalized spacial score (nSPS) is 48.3. The summed E-state index contributed by atoms with van der Waals surface area (Å²) in [5.74, 6) is 1.35. The predicted molar refractivity (Wildman–Crippen MR) is 51.8 cm³/mol. The molecule has 3 heteroatoms. The molecule has 1 amide bonds. The van der Waals surface area contributed by atoms with Crippen molar-refractivity contribution in [2.24, 2.45) is 17.3 Å². The van der Waals surface area contributed by atoms with E-state index in [1.807, 2.05) is 0 Å². The average Bonchev–Trinajstić information content (AvgIpc) is 2.72. The molecule has 1 heterocycles. The molecule has 0 aromatic rings. The van der Waals surface area contributed by atoms with Gasteiger partial charge in [-0.2, -0.15) is 0 Å². The molecule has 1 spiro atoms. The maximum absolute atomic E-state index is 11.2. The molecule has 3 rings (SSSR count). The average molecular weight is 195 g/mol. The van der Waals surface area contributed by atoms with Gasteiger partial charge in [0.2, 0.25) is 0 Å². The maximum Gasteiger partial charge on any atom is 0.407 e.